The average Bonchev–Trinajstić information content (AvgIpc) is 2.53. The molecule has 21 heavy (non-hydrogen) atoms. The van der Waals surface area contributed by atoms with Crippen molar-refractivity contribution in [1.82, 2.24) is 15.1 Å². The molecule has 2 rings (SSSR count). The number of hydrogen-bond donors (Lipinski definition) is 1. The summed E-state index contributed by atoms with van der Waals surface area (Å²) in [4.78, 5) is 5.14. The van der Waals surface area contributed by atoms with Crippen LogP contribution >= 0.6 is 15.9 Å². The molecular formula is C17H28BrN3. The number of hydrogen-bond acceptors (Lipinski definition) is 3. The summed E-state index contributed by atoms with van der Waals surface area (Å²) in [7, 11) is 0. The Labute approximate surface area is 137 Å². The van der Waals surface area contributed by atoms with Crippen LogP contribution in [0.2, 0.25) is 0 Å². The second kappa shape index (κ2) is 8.89. The minimum atomic E-state index is 0.465. The smallest absolute Gasteiger partial charge is 0.0332 e. The molecule has 0 aromatic heterocycles. The minimum absolute atomic E-state index is 0.465. The van der Waals surface area contributed by atoms with E-state index < -0.39 is 0 Å². The molecule has 1 unspecified atom stereocenters. The average molecular weight is 354 g/mol. The normalized spacial score (nSPS) is 18.8. The zero-order valence-corrected chi connectivity index (χ0v) is 14.9. The Morgan fingerprint density at radius 1 is 1.05 bits per heavy atom. The van der Waals surface area contributed by atoms with Crippen molar-refractivity contribution >= 4 is 15.9 Å². The van der Waals surface area contributed by atoms with Crippen molar-refractivity contribution in [3.63, 3.8) is 0 Å². The van der Waals surface area contributed by atoms with Crippen LogP contribution in [0.15, 0.2) is 28.7 Å². The van der Waals surface area contributed by atoms with Gasteiger partial charge < -0.3 is 15.1 Å². The van der Waals surface area contributed by atoms with Gasteiger partial charge in [-0.3, -0.25) is 0 Å². The maximum absolute atomic E-state index is 3.63. The number of rotatable bonds is 7. The van der Waals surface area contributed by atoms with Gasteiger partial charge >= 0.3 is 0 Å². The Kier molecular flexibility index (Phi) is 7.17. The molecule has 1 aliphatic rings. The Morgan fingerprint density at radius 2 is 1.67 bits per heavy atom. The third-order valence-electron chi connectivity index (χ3n) is 4.37. The van der Waals surface area contributed by atoms with Crippen molar-refractivity contribution in [1.29, 1.82) is 0 Å². The molecule has 0 amide bonds. The molecule has 1 saturated heterocycles. The highest BCUT2D eigenvalue weighted by Gasteiger charge is 2.17. The molecule has 1 fully saturated rings. The summed E-state index contributed by atoms with van der Waals surface area (Å²) in [6, 6.07) is 9.20. The molecule has 1 aromatic carbocycles. The van der Waals surface area contributed by atoms with Gasteiger partial charge in [-0.15, -0.1) is 0 Å². The van der Waals surface area contributed by atoms with Gasteiger partial charge in [0, 0.05) is 43.2 Å². The molecule has 118 valence electrons. The first-order valence-electron chi connectivity index (χ1n) is 8.16. The SMILES string of the molecule is CCNC(CCN1CCN(CC)CC1)c1ccc(Br)cc1. The predicted octanol–water partition coefficient (Wildman–Crippen LogP) is 3.13. The lowest BCUT2D eigenvalue weighted by Crippen LogP contribution is -2.46. The Morgan fingerprint density at radius 3 is 2.24 bits per heavy atom. The third kappa shape index (κ3) is 5.37. The number of nitrogens with one attached hydrogen (secondary N) is 1. The van der Waals surface area contributed by atoms with Crippen LogP contribution in [0, 0.1) is 0 Å². The summed E-state index contributed by atoms with van der Waals surface area (Å²) in [6.45, 7) is 12.7. The van der Waals surface area contributed by atoms with Gasteiger partial charge in [0.05, 0.1) is 0 Å². The first kappa shape index (κ1) is 16.9. The molecule has 0 radical (unpaired) electrons. The van der Waals surface area contributed by atoms with Crippen molar-refractivity contribution in [3.8, 4) is 0 Å². The van der Waals surface area contributed by atoms with Gasteiger partial charge in [0.2, 0.25) is 0 Å². The highest BCUT2D eigenvalue weighted by molar-refractivity contribution is 9.10. The van der Waals surface area contributed by atoms with Crippen LogP contribution in [-0.4, -0.2) is 55.6 Å². The monoisotopic (exact) mass is 353 g/mol. The molecule has 1 heterocycles. The summed E-state index contributed by atoms with van der Waals surface area (Å²) in [6.07, 6.45) is 1.18. The Bertz CT molecular complexity index is 399. The quantitative estimate of drug-likeness (QED) is 0.812. The number of benzene rings is 1. The first-order chi connectivity index (χ1) is 10.2. The summed E-state index contributed by atoms with van der Waals surface area (Å²) >= 11 is 3.51. The fourth-order valence-corrected chi connectivity index (χ4v) is 3.23. The molecule has 1 N–H and O–H groups in total. The van der Waals surface area contributed by atoms with Crippen LogP contribution in [-0.2, 0) is 0 Å². The fourth-order valence-electron chi connectivity index (χ4n) is 2.97. The van der Waals surface area contributed by atoms with Crippen molar-refractivity contribution in [2.24, 2.45) is 0 Å². The minimum Gasteiger partial charge on any atom is -0.310 e. The largest absolute Gasteiger partial charge is 0.310 e. The molecular weight excluding hydrogens is 326 g/mol. The lowest BCUT2D eigenvalue weighted by atomic mass is 10.0. The van der Waals surface area contributed by atoms with E-state index in [0.29, 0.717) is 6.04 Å². The van der Waals surface area contributed by atoms with Crippen molar-refractivity contribution in [2.45, 2.75) is 26.3 Å². The molecule has 1 aromatic rings. The van der Waals surface area contributed by atoms with Gasteiger partial charge in [0.15, 0.2) is 0 Å². The third-order valence-corrected chi connectivity index (χ3v) is 4.90. The maximum atomic E-state index is 3.63. The summed E-state index contributed by atoms with van der Waals surface area (Å²) < 4.78 is 1.15. The highest BCUT2D eigenvalue weighted by Crippen LogP contribution is 2.20. The van der Waals surface area contributed by atoms with Gasteiger partial charge in [0.1, 0.15) is 0 Å². The summed E-state index contributed by atoms with van der Waals surface area (Å²) in [5.41, 5.74) is 1.40. The fraction of sp³-hybridized carbons (Fsp3) is 0.647. The predicted molar refractivity (Wildman–Crippen MR) is 93.7 cm³/mol. The molecule has 0 aliphatic carbocycles. The second-order valence-corrected chi connectivity index (χ2v) is 6.64. The number of piperazine rings is 1. The van der Waals surface area contributed by atoms with E-state index in [-0.39, 0.29) is 0 Å². The van der Waals surface area contributed by atoms with Crippen LogP contribution < -0.4 is 5.32 Å². The van der Waals surface area contributed by atoms with Gasteiger partial charge in [-0.1, -0.05) is 41.9 Å². The zero-order valence-electron chi connectivity index (χ0n) is 13.3. The number of nitrogens with zero attached hydrogens (tertiary/aromatic N) is 2. The van der Waals surface area contributed by atoms with E-state index in [1.54, 1.807) is 0 Å². The number of likely N-dealkylation sites (N-methyl/N-ethyl adjacent to an activating group) is 1. The van der Waals surface area contributed by atoms with Crippen molar-refractivity contribution in [2.75, 3.05) is 45.8 Å². The van der Waals surface area contributed by atoms with Crippen LogP contribution in [0.3, 0.4) is 0 Å². The van der Waals surface area contributed by atoms with E-state index in [9.17, 15) is 0 Å². The molecule has 0 bridgehead atoms. The maximum Gasteiger partial charge on any atom is 0.0332 e. The Balaban J connectivity index is 1.84. The van der Waals surface area contributed by atoms with E-state index in [1.165, 1.54) is 51.3 Å². The van der Waals surface area contributed by atoms with E-state index in [2.05, 4.69) is 69.2 Å². The first-order valence-corrected chi connectivity index (χ1v) is 8.95. The van der Waals surface area contributed by atoms with Gasteiger partial charge in [-0.05, 0) is 37.2 Å². The summed E-state index contributed by atoms with van der Waals surface area (Å²) in [5, 5.41) is 3.63. The molecule has 0 spiro atoms. The van der Waals surface area contributed by atoms with E-state index in [0.717, 1.165) is 11.0 Å². The standard InChI is InChI=1S/C17H28BrN3/c1-3-19-17(15-5-7-16(18)8-6-15)9-10-21-13-11-20(4-2)12-14-21/h5-8,17,19H,3-4,9-14H2,1-2H3. The zero-order chi connectivity index (χ0) is 15.1. The highest BCUT2D eigenvalue weighted by atomic mass is 79.9. The molecule has 3 nitrogen and oxygen atoms in total. The number of halogens is 1. The second-order valence-electron chi connectivity index (χ2n) is 5.73. The van der Waals surface area contributed by atoms with Crippen molar-refractivity contribution < 1.29 is 0 Å². The summed E-state index contributed by atoms with van der Waals surface area (Å²) in [5.74, 6) is 0. The lowest BCUT2D eigenvalue weighted by molar-refractivity contribution is 0.133. The molecule has 1 atom stereocenters. The van der Waals surface area contributed by atoms with E-state index >= 15 is 0 Å². The van der Waals surface area contributed by atoms with Crippen LogP contribution in [0.5, 0.6) is 0 Å². The van der Waals surface area contributed by atoms with Crippen LogP contribution in [0.4, 0.5) is 0 Å². The van der Waals surface area contributed by atoms with Gasteiger partial charge in [-0.2, -0.15) is 0 Å². The van der Waals surface area contributed by atoms with Crippen LogP contribution in [0.25, 0.3) is 0 Å². The van der Waals surface area contributed by atoms with Gasteiger partial charge in [-0.25, -0.2) is 0 Å². The molecule has 1 aliphatic heterocycles. The Hall–Kier alpha value is -0.420. The van der Waals surface area contributed by atoms with Crippen molar-refractivity contribution in [3.05, 3.63) is 34.3 Å². The van der Waals surface area contributed by atoms with E-state index in [1.807, 2.05) is 0 Å². The van der Waals surface area contributed by atoms with Crippen LogP contribution in [0.1, 0.15) is 31.9 Å². The van der Waals surface area contributed by atoms with E-state index in [4.69, 9.17) is 0 Å². The van der Waals surface area contributed by atoms with Gasteiger partial charge in [0.25, 0.3) is 0 Å². The molecule has 4 heteroatoms. The molecule has 0 saturated carbocycles. The lowest BCUT2D eigenvalue weighted by Gasteiger charge is -2.34. The topological polar surface area (TPSA) is 18.5 Å².